The normalized spacial score (nSPS) is 20.0. The van der Waals surface area contributed by atoms with E-state index in [4.69, 9.17) is 0 Å². The average Bonchev–Trinajstić information content (AvgIpc) is 1.62. The molecule has 0 saturated carbocycles. The van der Waals surface area contributed by atoms with E-state index >= 15 is 0 Å². The molecule has 0 spiro atoms. The Morgan fingerprint density at radius 3 is 2.88 bits per heavy atom. The molecule has 0 aromatic rings. The van der Waals surface area contributed by atoms with Gasteiger partial charge in [0.05, 0.1) is 0 Å². The van der Waals surface area contributed by atoms with Crippen LogP contribution in [0.3, 0.4) is 0 Å². The van der Waals surface area contributed by atoms with Crippen LogP contribution in [0.2, 0.25) is 0 Å². The fourth-order valence-corrected chi connectivity index (χ4v) is 0.738. The molecule has 0 unspecified atom stereocenters. The first kappa shape index (κ1) is 5.54. The van der Waals surface area contributed by atoms with Crippen LogP contribution in [-0.4, -0.2) is 12.8 Å². The third-order valence-corrected chi connectivity index (χ3v) is 1.18. The highest BCUT2D eigenvalue weighted by molar-refractivity contribution is 5.57. The molecular weight excluding hydrogens is 98.1 g/mol. The first-order valence-corrected chi connectivity index (χ1v) is 3.13. The summed E-state index contributed by atoms with van der Waals surface area (Å²) >= 11 is 0. The quantitative estimate of drug-likeness (QED) is 0.420. The van der Waals surface area contributed by atoms with Crippen LogP contribution in [0.15, 0.2) is 17.1 Å². The van der Waals surface area contributed by atoms with Crippen molar-refractivity contribution in [1.29, 1.82) is 0 Å². The van der Waals surface area contributed by atoms with Gasteiger partial charge in [-0.05, 0) is 25.5 Å². The van der Waals surface area contributed by atoms with Gasteiger partial charge in [-0.3, -0.25) is 4.99 Å². The van der Waals surface area contributed by atoms with Crippen LogP contribution in [0.4, 0.5) is 0 Å². The summed E-state index contributed by atoms with van der Waals surface area (Å²) in [7, 11) is 0. The van der Waals surface area contributed by atoms with Crippen molar-refractivity contribution in [2.45, 2.75) is 19.3 Å². The fourth-order valence-electron chi connectivity index (χ4n) is 0.738. The number of allylic oxidation sites excluding steroid dienone is 1. The summed E-state index contributed by atoms with van der Waals surface area (Å²) in [5, 5.41) is 0. The maximum atomic E-state index is 4.15. The van der Waals surface area contributed by atoms with Crippen LogP contribution in [0.5, 0.6) is 0 Å². The zero-order chi connectivity index (χ0) is 5.66. The van der Waals surface area contributed by atoms with E-state index in [0.29, 0.717) is 0 Å². The van der Waals surface area contributed by atoms with Gasteiger partial charge in [0.25, 0.3) is 0 Å². The summed E-state index contributed by atoms with van der Waals surface area (Å²) in [6.45, 7) is 0.983. The monoisotopic (exact) mass is 109 g/mol. The molecule has 1 rings (SSSR count). The molecule has 0 bridgehead atoms. The van der Waals surface area contributed by atoms with Crippen LogP contribution in [0.25, 0.3) is 0 Å². The molecule has 0 aromatic carbocycles. The van der Waals surface area contributed by atoms with Gasteiger partial charge in [0.2, 0.25) is 0 Å². The zero-order valence-corrected chi connectivity index (χ0v) is 5.01. The lowest BCUT2D eigenvalue weighted by Crippen LogP contribution is -1.83. The van der Waals surface area contributed by atoms with Crippen molar-refractivity contribution in [3.8, 4) is 0 Å². The molecule has 1 heteroatoms. The van der Waals surface area contributed by atoms with Crippen LogP contribution < -0.4 is 0 Å². The van der Waals surface area contributed by atoms with Crippen molar-refractivity contribution in [3.63, 3.8) is 0 Å². The topological polar surface area (TPSA) is 12.4 Å². The van der Waals surface area contributed by atoms with E-state index in [1.807, 2.05) is 6.21 Å². The van der Waals surface area contributed by atoms with E-state index in [1.165, 1.54) is 6.42 Å². The minimum Gasteiger partial charge on any atom is -0.297 e. The molecule has 1 aliphatic heterocycles. The minimum atomic E-state index is 0.983. The van der Waals surface area contributed by atoms with Gasteiger partial charge in [-0.15, -0.1) is 0 Å². The summed E-state index contributed by atoms with van der Waals surface area (Å²) in [6.07, 6.45) is 9.86. The van der Waals surface area contributed by atoms with Gasteiger partial charge in [0, 0.05) is 6.54 Å². The summed E-state index contributed by atoms with van der Waals surface area (Å²) < 4.78 is 0. The van der Waals surface area contributed by atoms with Crippen LogP contribution in [0.1, 0.15) is 19.3 Å². The molecule has 0 aliphatic carbocycles. The van der Waals surface area contributed by atoms with E-state index in [0.717, 1.165) is 19.4 Å². The second-order valence-corrected chi connectivity index (χ2v) is 1.93. The molecule has 1 heterocycles. The summed E-state index contributed by atoms with van der Waals surface area (Å²) in [5.41, 5.74) is 0. The minimum absolute atomic E-state index is 0.983. The standard InChI is InChI=1S/C7H11N/c1-2-4-6-8-7-5-3-1/h1-2,7H,3-6H2. The molecule has 0 radical (unpaired) electrons. The number of hydrogen-bond donors (Lipinski definition) is 0. The number of nitrogens with zero attached hydrogens (tertiary/aromatic N) is 1. The second-order valence-electron chi connectivity index (χ2n) is 1.93. The largest absolute Gasteiger partial charge is 0.297 e. The zero-order valence-electron chi connectivity index (χ0n) is 5.01. The van der Waals surface area contributed by atoms with E-state index in [9.17, 15) is 0 Å². The predicted octanol–water partition coefficient (Wildman–Crippen LogP) is 1.80. The number of hydrogen-bond acceptors (Lipinski definition) is 1. The lowest BCUT2D eigenvalue weighted by Gasteiger charge is -1.92. The van der Waals surface area contributed by atoms with Crippen molar-refractivity contribution in [3.05, 3.63) is 12.2 Å². The van der Waals surface area contributed by atoms with Crippen molar-refractivity contribution in [2.24, 2.45) is 4.99 Å². The van der Waals surface area contributed by atoms with Gasteiger partial charge in [-0.25, -0.2) is 0 Å². The first-order valence-electron chi connectivity index (χ1n) is 3.13. The summed E-state index contributed by atoms with van der Waals surface area (Å²) in [6, 6.07) is 0. The van der Waals surface area contributed by atoms with Crippen LogP contribution in [-0.2, 0) is 0 Å². The Bertz CT molecular complexity index is 77.0. The molecule has 0 amide bonds. The average molecular weight is 109 g/mol. The first-order chi connectivity index (χ1) is 4.00. The third kappa shape index (κ3) is 1.92. The second kappa shape index (κ2) is 3.42. The molecular formula is C7H11N. The predicted molar refractivity (Wildman–Crippen MR) is 36.4 cm³/mol. The highest BCUT2D eigenvalue weighted by Gasteiger charge is 1.82. The van der Waals surface area contributed by atoms with E-state index < -0.39 is 0 Å². The number of aliphatic imine (C=N–C) groups is 1. The van der Waals surface area contributed by atoms with E-state index in [2.05, 4.69) is 17.1 Å². The van der Waals surface area contributed by atoms with Crippen molar-refractivity contribution in [1.82, 2.24) is 0 Å². The summed E-state index contributed by atoms with van der Waals surface area (Å²) in [5.74, 6) is 0. The SMILES string of the molecule is C1=CCCN=CCC1. The van der Waals surface area contributed by atoms with Gasteiger partial charge in [-0.2, -0.15) is 0 Å². The number of rotatable bonds is 0. The Morgan fingerprint density at radius 2 is 1.88 bits per heavy atom. The highest BCUT2D eigenvalue weighted by atomic mass is 14.7. The Morgan fingerprint density at radius 1 is 1.00 bits per heavy atom. The van der Waals surface area contributed by atoms with Crippen LogP contribution >= 0.6 is 0 Å². The maximum absolute atomic E-state index is 4.15. The maximum Gasteiger partial charge on any atom is 0.0419 e. The fraction of sp³-hybridized carbons (Fsp3) is 0.571. The van der Waals surface area contributed by atoms with E-state index in [-0.39, 0.29) is 0 Å². The highest BCUT2D eigenvalue weighted by Crippen LogP contribution is 1.94. The van der Waals surface area contributed by atoms with Crippen molar-refractivity contribution < 1.29 is 0 Å². The van der Waals surface area contributed by atoms with Gasteiger partial charge >= 0.3 is 0 Å². The molecule has 44 valence electrons. The van der Waals surface area contributed by atoms with Gasteiger partial charge in [-0.1, -0.05) is 12.2 Å². The van der Waals surface area contributed by atoms with Gasteiger partial charge < -0.3 is 0 Å². The van der Waals surface area contributed by atoms with Gasteiger partial charge in [0.15, 0.2) is 0 Å². The molecule has 0 aromatic heterocycles. The summed E-state index contributed by atoms with van der Waals surface area (Å²) in [4.78, 5) is 4.15. The Labute approximate surface area is 50.1 Å². The van der Waals surface area contributed by atoms with Crippen molar-refractivity contribution in [2.75, 3.05) is 6.54 Å². The Balaban J connectivity index is 2.29. The Hall–Kier alpha value is -0.590. The molecule has 0 atom stereocenters. The molecule has 1 nitrogen and oxygen atoms in total. The molecule has 0 saturated heterocycles. The molecule has 8 heavy (non-hydrogen) atoms. The van der Waals surface area contributed by atoms with Crippen LogP contribution in [0, 0.1) is 0 Å². The van der Waals surface area contributed by atoms with E-state index in [1.54, 1.807) is 0 Å². The lowest BCUT2D eigenvalue weighted by atomic mass is 10.2. The molecule has 1 aliphatic rings. The third-order valence-electron chi connectivity index (χ3n) is 1.18. The Kier molecular flexibility index (Phi) is 2.37. The molecule has 0 fully saturated rings. The lowest BCUT2D eigenvalue weighted by molar-refractivity contribution is 0.963. The van der Waals surface area contributed by atoms with Crippen molar-refractivity contribution >= 4 is 6.21 Å². The smallest absolute Gasteiger partial charge is 0.0419 e. The molecule has 0 N–H and O–H groups in total. The van der Waals surface area contributed by atoms with Gasteiger partial charge in [0.1, 0.15) is 0 Å².